The summed E-state index contributed by atoms with van der Waals surface area (Å²) in [7, 11) is 0. The van der Waals surface area contributed by atoms with Crippen molar-refractivity contribution < 1.29 is 29.0 Å². The van der Waals surface area contributed by atoms with Crippen LogP contribution in [-0.2, 0) is 23.9 Å². The van der Waals surface area contributed by atoms with Crippen molar-refractivity contribution in [3.8, 4) is 0 Å². The Balaban J connectivity index is 2.09. The van der Waals surface area contributed by atoms with Gasteiger partial charge in [-0.2, -0.15) is 0 Å². The molecule has 1 N–H and O–H groups in total. The van der Waals surface area contributed by atoms with Gasteiger partial charge < -0.3 is 14.6 Å². The van der Waals surface area contributed by atoms with Crippen molar-refractivity contribution in [2.45, 2.75) is 39.4 Å². The van der Waals surface area contributed by atoms with Crippen LogP contribution in [0, 0.1) is 17.8 Å². The number of aliphatic hydroxyl groups excluding tert-OH is 1. The molecule has 0 aromatic heterocycles. The topological polar surface area (TPSA) is 89.9 Å². The number of ether oxygens (including phenoxy) is 2. The highest BCUT2D eigenvalue weighted by Crippen LogP contribution is 2.48. The van der Waals surface area contributed by atoms with Gasteiger partial charge in [-0.15, -0.1) is 0 Å². The van der Waals surface area contributed by atoms with Crippen molar-refractivity contribution in [2.75, 3.05) is 6.61 Å². The third kappa shape index (κ3) is 2.41. The summed E-state index contributed by atoms with van der Waals surface area (Å²) in [5.74, 6) is -2.12. The second-order valence-electron chi connectivity index (χ2n) is 6.53. The average Bonchev–Trinajstić information content (AvgIpc) is 2.91. The summed E-state index contributed by atoms with van der Waals surface area (Å²) < 4.78 is 11.0. The molecule has 5 atom stereocenters. The van der Waals surface area contributed by atoms with Gasteiger partial charge in [0.2, 0.25) is 0 Å². The van der Waals surface area contributed by atoms with E-state index in [0.29, 0.717) is 17.6 Å². The quantitative estimate of drug-likeness (QED) is 0.761. The van der Waals surface area contributed by atoms with Crippen LogP contribution in [0.3, 0.4) is 0 Å². The Labute approximate surface area is 134 Å². The smallest absolute Gasteiger partial charge is 0.309 e. The summed E-state index contributed by atoms with van der Waals surface area (Å²) >= 11 is 0. The summed E-state index contributed by atoms with van der Waals surface area (Å²) in [6.07, 6.45) is 0.735. The van der Waals surface area contributed by atoms with Crippen LogP contribution in [0.15, 0.2) is 22.8 Å². The molecule has 0 saturated carbocycles. The van der Waals surface area contributed by atoms with Gasteiger partial charge in [-0.05, 0) is 18.6 Å². The lowest BCUT2D eigenvalue weighted by Crippen LogP contribution is -2.38. The lowest BCUT2D eigenvalue weighted by atomic mass is 9.79. The van der Waals surface area contributed by atoms with E-state index in [4.69, 9.17) is 9.47 Å². The maximum absolute atomic E-state index is 12.3. The van der Waals surface area contributed by atoms with E-state index in [2.05, 4.69) is 0 Å². The van der Waals surface area contributed by atoms with Gasteiger partial charge in [-0.1, -0.05) is 12.5 Å². The highest BCUT2D eigenvalue weighted by Gasteiger charge is 2.55. The monoisotopic (exact) mass is 320 g/mol. The summed E-state index contributed by atoms with van der Waals surface area (Å²) in [6, 6.07) is 0. The Bertz CT molecular complexity index is 643. The van der Waals surface area contributed by atoms with Crippen molar-refractivity contribution >= 4 is 17.7 Å². The molecule has 0 amide bonds. The van der Waals surface area contributed by atoms with Crippen molar-refractivity contribution in [1.29, 1.82) is 0 Å². The van der Waals surface area contributed by atoms with Gasteiger partial charge in [0.15, 0.2) is 5.78 Å². The predicted octanol–water partition coefficient (Wildman–Crippen LogP) is 0.934. The Kier molecular flexibility index (Phi) is 3.88. The number of rotatable bonds is 2. The fourth-order valence-electron chi connectivity index (χ4n) is 4.14. The lowest BCUT2D eigenvalue weighted by Gasteiger charge is -2.29. The van der Waals surface area contributed by atoms with Crippen LogP contribution in [-0.4, -0.2) is 41.6 Å². The average molecular weight is 320 g/mol. The summed E-state index contributed by atoms with van der Waals surface area (Å²) in [6.45, 7) is 4.65. The number of aliphatic hydroxyl groups is 1. The molecule has 1 heterocycles. The van der Waals surface area contributed by atoms with E-state index in [1.807, 2.05) is 6.92 Å². The molecule has 3 rings (SSSR count). The molecule has 0 aromatic carbocycles. The van der Waals surface area contributed by atoms with Crippen LogP contribution >= 0.6 is 0 Å². The molecule has 2 aliphatic carbocycles. The van der Waals surface area contributed by atoms with Gasteiger partial charge in [-0.25, -0.2) is 0 Å². The molecule has 0 bridgehead atoms. The van der Waals surface area contributed by atoms with Crippen LogP contribution in [0.1, 0.15) is 27.2 Å². The molecule has 23 heavy (non-hydrogen) atoms. The Morgan fingerprint density at radius 2 is 2.13 bits per heavy atom. The maximum Gasteiger partial charge on any atom is 0.309 e. The SMILES string of the molecule is CC(=O)O[C@@H]1CC(C)=C2C(=O)C=C(CO)[C@@H]2[C@H]2OC(=O)[C@H](C)[C@@H]21. The number of esters is 2. The fraction of sp³-hybridized carbons (Fsp3) is 0.588. The minimum Gasteiger partial charge on any atom is -0.462 e. The Hall–Kier alpha value is -1.95. The van der Waals surface area contributed by atoms with Crippen LogP contribution in [0.4, 0.5) is 0 Å². The molecule has 1 fully saturated rings. The summed E-state index contributed by atoms with van der Waals surface area (Å²) in [5.41, 5.74) is 1.95. The fourth-order valence-corrected chi connectivity index (χ4v) is 4.14. The standard InChI is InChI=1S/C17H20O6/c1-7-4-12(22-9(3)19)14-8(2)17(21)23-16(14)15-10(6-18)5-11(20)13(7)15/h5,8,12,14-16,18H,4,6H2,1-3H3/t8-,12-,14-,15+,16+/m1/s1. The molecule has 6 heteroatoms. The van der Waals surface area contributed by atoms with E-state index >= 15 is 0 Å². The Morgan fingerprint density at radius 1 is 1.43 bits per heavy atom. The first kappa shape index (κ1) is 15.9. The number of fused-ring (bicyclic) bond motifs is 3. The summed E-state index contributed by atoms with van der Waals surface area (Å²) in [5, 5.41) is 9.59. The zero-order valence-electron chi connectivity index (χ0n) is 13.4. The highest BCUT2D eigenvalue weighted by molar-refractivity contribution is 6.09. The van der Waals surface area contributed by atoms with Crippen molar-refractivity contribution in [3.05, 3.63) is 22.8 Å². The molecule has 0 spiro atoms. The van der Waals surface area contributed by atoms with Crippen molar-refractivity contribution in [2.24, 2.45) is 17.8 Å². The third-order valence-corrected chi connectivity index (χ3v) is 5.10. The Morgan fingerprint density at radius 3 is 2.74 bits per heavy atom. The number of hydrogen-bond acceptors (Lipinski definition) is 6. The molecule has 3 aliphatic rings. The van der Waals surface area contributed by atoms with Gasteiger partial charge in [0.25, 0.3) is 0 Å². The maximum atomic E-state index is 12.3. The normalized spacial score (nSPS) is 36.2. The molecular weight excluding hydrogens is 300 g/mol. The van der Waals surface area contributed by atoms with E-state index in [-0.39, 0.29) is 24.3 Å². The molecule has 124 valence electrons. The van der Waals surface area contributed by atoms with Gasteiger partial charge >= 0.3 is 11.9 Å². The van der Waals surface area contributed by atoms with Gasteiger partial charge in [0.1, 0.15) is 12.2 Å². The van der Waals surface area contributed by atoms with Crippen LogP contribution in [0.2, 0.25) is 0 Å². The molecule has 0 radical (unpaired) electrons. The second-order valence-corrected chi connectivity index (χ2v) is 6.53. The lowest BCUT2D eigenvalue weighted by molar-refractivity contribution is -0.150. The first-order valence-corrected chi connectivity index (χ1v) is 7.78. The van der Waals surface area contributed by atoms with Gasteiger partial charge in [0, 0.05) is 30.8 Å². The van der Waals surface area contributed by atoms with E-state index in [9.17, 15) is 19.5 Å². The molecule has 0 unspecified atom stereocenters. The second kappa shape index (κ2) is 5.60. The largest absolute Gasteiger partial charge is 0.462 e. The molecule has 0 aromatic rings. The predicted molar refractivity (Wildman–Crippen MR) is 79.1 cm³/mol. The first-order valence-electron chi connectivity index (χ1n) is 7.78. The van der Waals surface area contributed by atoms with Crippen LogP contribution in [0.25, 0.3) is 0 Å². The van der Waals surface area contributed by atoms with Gasteiger partial charge in [-0.3, -0.25) is 14.4 Å². The molecule has 6 nitrogen and oxygen atoms in total. The number of ketones is 1. The van der Waals surface area contributed by atoms with Crippen LogP contribution in [0.5, 0.6) is 0 Å². The molecule has 1 saturated heterocycles. The van der Waals surface area contributed by atoms with Crippen molar-refractivity contribution in [3.63, 3.8) is 0 Å². The first-order chi connectivity index (χ1) is 10.8. The molecule has 1 aliphatic heterocycles. The minimum atomic E-state index is -0.584. The number of hydrogen-bond donors (Lipinski definition) is 1. The van der Waals surface area contributed by atoms with E-state index in [0.717, 1.165) is 5.57 Å². The molecular formula is C17H20O6. The summed E-state index contributed by atoms with van der Waals surface area (Å²) in [4.78, 5) is 35.9. The highest BCUT2D eigenvalue weighted by atomic mass is 16.6. The third-order valence-electron chi connectivity index (χ3n) is 5.10. The number of allylic oxidation sites excluding steroid dienone is 1. The van der Waals surface area contributed by atoms with Crippen LogP contribution < -0.4 is 0 Å². The number of carbonyl (C=O) groups is 3. The number of carbonyl (C=O) groups excluding carboxylic acids is 3. The van der Waals surface area contributed by atoms with Gasteiger partial charge in [0.05, 0.1) is 12.5 Å². The van der Waals surface area contributed by atoms with E-state index in [1.165, 1.54) is 13.0 Å². The minimum absolute atomic E-state index is 0.158. The zero-order valence-corrected chi connectivity index (χ0v) is 13.4. The van der Waals surface area contributed by atoms with E-state index in [1.54, 1.807) is 6.92 Å². The van der Waals surface area contributed by atoms with Crippen molar-refractivity contribution in [1.82, 2.24) is 0 Å². The van der Waals surface area contributed by atoms with E-state index < -0.39 is 30.0 Å². The zero-order chi connectivity index (χ0) is 16.9.